The summed E-state index contributed by atoms with van der Waals surface area (Å²) >= 11 is 3.24. The fraction of sp³-hybridized carbons (Fsp3) is 0.400. The van der Waals surface area contributed by atoms with Crippen molar-refractivity contribution in [3.8, 4) is 5.75 Å². The smallest absolute Gasteiger partial charge is 0.129 e. The van der Waals surface area contributed by atoms with Crippen molar-refractivity contribution in [3.05, 3.63) is 28.2 Å². The van der Waals surface area contributed by atoms with Crippen molar-refractivity contribution in [1.82, 2.24) is 5.32 Å². The molecule has 0 aromatic heterocycles. The molecule has 0 saturated carbocycles. The van der Waals surface area contributed by atoms with E-state index in [2.05, 4.69) is 21.2 Å². The molecule has 1 atom stereocenters. The Morgan fingerprint density at radius 2 is 2.21 bits per heavy atom. The maximum absolute atomic E-state index is 9.25. The Morgan fingerprint density at radius 3 is 2.79 bits per heavy atom. The quantitative estimate of drug-likeness (QED) is 0.771. The third-order valence-electron chi connectivity index (χ3n) is 1.78. The molecule has 0 heterocycles. The van der Waals surface area contributed by atoms with Crippen LogP contribution in [0.25, 0.3) is 0 Å². The maximum atomic E-state index is 9.25. The second-order valence-electron chi connectivity index (χ2n) is 3.27. The standard InChI is InChI=1S/C10H14BrNO2/c1-7(13)5-12-6-8-2-3-10(14)9(11)4-8/h2-4,7,12-14H,5-6H2,1H3. The largest absolute Gasteiger partial charge is 0.507 e. The zero-order chi connectivity index (χ0) is 10.6. The van der Waals surface area contributed by atoms with E-state index < -0.39 is 0 Å². The van der Waals surface area contributed by atoms with E-state index in [0.717, 1.165) is 5.56 Å². The van der Waals surface area contributed by atoms with E-state index in [-0.39, 0.29) is 11.9 Å². The van der Waals surface area contributed by atoms with E-state index in [0.29, 0.717) is 17.6 Å². The fourth-order valence-corrected chi connectivity index (χ4v) is 1.51. The van der Waals surface area contributed by atoms with Gasteiger partial charge in [0, 0.05) is 13.1 Å². The maximum Gasteiger partial charge on any atom is 0.129 e. The SMILES string of the molecule is CC(O)CNCc1ccc(O)c(Br)c1. The summed E-state index contributed by atoms with van der Waals surface area (Å²) in [5.74, 6) is 0.240. The Labute approximate surface area is 91.9 Å². The summed E-state index contributed by atoms with van der Waals surface area (Å²) in [4.78, 5) is 0. The average Bonchev–Trinajstić information content (AvgIpc) is 2.10. The molecule has 0 aliphatic carbocycles. The number of phenolic OH excluding ortho intramolecular Hbond substituents is 1. The van der Waals surface area contributed by atoms with Gasteiger partial charge in [-0.05, 0) is 40.5 Å². The lowest BCUT2D eigenvalue weighted by Crippen LogP contribution is -2.23. The van der Waals surface area contributed by atoms with Crippen molar-refractivity contribution in [3.63, 3.8) is 0 Å². The predicted octanol–water partition coefficient (Wildman–Crippen LogP) is 1.63. The number of benzene rings is 1. The minimum Gasteiger partial charge on any atom is -0.507 e. The van der Waals surface area contributed by atoms with Crippen LogP contribution in [0.15, 0.2) is 22.7 Å². The highest BCUT2D eigenvalue weighted by molar-refractivity contribution is 9.10. The Kier molecular flexibility index (Phi) is 4.38. The second kappa shape index (κ2) is 5.34. The lowest BCUT2D eigenvalue weighted by molar-refractivity contribution is 0.191. The number of nitrogens with one attached hydrogen (secondary N) is 1. The van der Waals surface area contributed by atoms with Gasteiger partial charge < -0.3 is 15.5 Å². The number of aliphatic hydroxyl groups excluding tert-OH is 1. The van der Waals surface area contributed by atoms with Crippen LogP contribution in [0.5, 0.6) is 5.75 Å². The average molecular weight is 260 g/mol. The normalized spacial score (nSPS) is 12.8. The highest BCUT2D eigenvalue weighted by Gasteiger charge is 2.00. The van der Waals surface area contributed by atoms with Gasteiger partial charge in [0.15, 0.2) is 0 Å². The third kappa shape index (κ3) is 3.65. The van der Waals surface area contributed by atoms with E-state index in [1.165, 1.54) is 0 Å². The van der Waals surface area contributed by atoms with Gasteiger partial charge in [0.1, 0.15) is 5.75 Å². The van der Waals surface area contributed by atoms with Crippen LogP contribution in [0.3, 0.4) is 0 Å². The van der Waals surface area contributed by atoms with E-state index in [9.17, 15) is 5.11 Å². The van der Waals surface area contributed by atoms with Crippen LogP contribution in [-0.4, -0.2) is 22.9 Å². The summed E-state index contributed by atoms with van der Waals surface area (Å²) in [5.41, 5.74) is 1.07. The number of rotatable bonds is 4. The van der Waals surface area contributed by atoms with Crippen LogP contribution in [0.4, 0.5) is 0 Å². The van der Waals surface area contributed by atoms with Crippen molar-refractivity contribution in [2.45, 2.75) is 19.6 Å². The Morgan fingerprint density at radius 1 is 1.50 bits per heavy atom. The van der Waals surface area contributed by atoms with Crippen LogP contribution in [0.1, 0.15) is 12.5 Å². The molecular weight excluding hydrogens is 246 g/mol. The van der Waals surface area contributed by atoms with Crippen LogP contribution in [-0.2, 0) is 6.54 Å². The molecule has 0 amide bonds. The molecule has 3 N–H and O–H groups in total. The van der Waals surface area contributed by atoms with Crippen molar-refractivity contribution in [2.75, 3.05) is 6.54 Å². The Balaban J connectivity index is 2.47. The number of halogens is 1. The van der Waals surface area contributed by atoms with Gasteiger partial charge in [-0.15, -0.1) is 0 Å². The molecule has 0 saturated heterocycles. The second-order valence-corrected chi connectivity index (χ2v) is 4.12. The number of aromatic hydroxyl groups is 1. The molecule has 1 aromatic carbocycles. The first-order valence-corrected chi connectivity index (χ1v) is 5.25. The first-order chi connectivity index (χ1) is 6.59. The van der Waals surface area contributed by atoms with E-state index in [4.69, 9.17) is 5.11 Å². The molecule has 0 spiro atoms. The summed E-state index contributed by atoms with van der Waals surface area (Å²) in [7, 11) is 0. The number of aliphatic hydroxyl groups is 1. The van der Waals surface area contributed by atoms with Crippen molar-refractivity contribution < 1.29 is 10.2 Å². The first kappa shape index (κ1) is 11.5. The van der Waals surface area contributed by atoms with Gasteiger partial charge in [0.05, 0.1) is 10.6 Å². The molecule has 78 valence electrons. The monoisotopic (exact) mass is 259 g/mol. The van der Waals surface area contributed by atoms with E-state index in [1.807, 2.05) is 12.1 Å². The minimum atomic E-state index is -0.337. The molecule has 0 bridgehead atoms. The van der Waals surface area contributed by atoms with Gasteiger partial charge in [-0.3, -0.25) is 0 Å². The molecule has 3 nitrogen and oxygen atoms in total. The topological polar surface area (TPSA) is 52.5 Å². The highest BCUT2D eigenvalue weighted by atomic mass is 79.9. The summed E-state index contributed by atoms with van der Waals surface area (Å²) in [6.45, 7) is 2.99. The van der Waals surface area contributed by atoms with Gasteiger partial charge in [-0.1, -0.05) is 6.07 Å². The van der Waals surface area contributed by atoms with Gasteiger partial charge >= 0.3 is 0 Å². The molecule has 0 aliphatic rings. The van der Waals surface area contributed by atoms with Crippen molar-refractivity contribution >= 4 is 15.9 Å². The van der Waals surface area contributed by atoms with Gasteiger partial charge in [0.25, 0.3) is 0 Å². The van der Waals surface area contributed by atoms with Gasteiger partial charge in [-0.25, -0.2) is 0 Å². The molecular formula is C10H14BrNO2. The summed E-state index contributed by atoms with van der Waals surface area (Å²) in [6.07, 6.45) is -0.337. The van der Waals surface area contributed by atoms with Crippen LogP contribution >= 0.6 is 15.9 Å². The van der Waals surface area contributed by atoms with Crippen molar-refractivity contribution in [2.24, 2.45) is 0 Å². The molecule has 4 heteroatoms. The molecule has 1 unspecified atom stereocenters. The van der Waals surface area contributed by atoms with Crippen LogP contribution in [0.2, 0.25) is 0 Å². The van der Waals surface area contributed by atoms with E-state index >= 15 is 0 Å². The zero-order valence-corrected chi connectivity index (χ0v) is 9.58. The number of phenols is 1. The zero-order valence-electron chi connectivity index (χ0n) is 8.00. The van der Waals surface area contributed by atoms with Gasteiger partial charge in [-0.2, -0.15) is 0 Å². The lowest BCUT2D eigenvalue weighted by atomic mass is 10.2. The van der Waals surface area contributed by atoms with E-state index in [1.54, 1.807) is 13.0 Å². The summed E-state index contributed by atoms with van der Waals surface area (Å²) in [5, 5.41) is 21.4. The fourth-order valence-electron chi connectivity index (χ4n) is 1.09. The summed E-state index contributed by atoms with van der Waals surface area (Å²) in [6, 6.07) is 5.34. The summed E-state index contributed by atoms with van der Waals surface area (Å²) < 4.78 is 0.689. The minimum absolute atomic E-state index is 0.240. The Bertz CT molecular complexity index is 302. The molecule has 0 radical (unpaired) electrons. The molecule has 1 rings (SSSR count). The lowest BCUT2D eigenvalue weighted by Gasteiger charge is -2.07. The number of hydrogen-bond acceptors (Lipinski definition) is 3. The predicted molar refractivity (Wildman–Crippen MR) is 59.2 cm³/mol. The molecule has 14 heavy (non-hydrogen) atoms. The highest BCUT2D eigenvalue weighted by Crippen LogP contribution is 2.23. The Hall–Kier alpha value is -0.580. The third-order valence-corrected chi connectivity index (χ3v) is 2.42. The van der Waals surface area contributed by atoms with Crippen LogP contribution in [0, 0.1) is 0 Å². The number of hydrogen-bond donors (Lipinski definition) is 3. The van der Waals surface area contributed by atoms with Crippen LogP contribution < -0.4 is 5.32 Å². The van der Waals surface area contributed by atoms with Gasteiger partial charge in [0.2, 0.25) is 0 Å². The molecule has 0 aliphatic heterocycles. The van der Waals surface area contributed by atoms with Crippen molar-refractivity contribution in [1.29, 1.82) is 0 Å². The molecule has 0 fully saturated rings. The first-order valence-electron chi connectivity index (χ1n) is 4.46. The molecule has 1 aromatic rings.